The van der Waals surface area contributed by atoms with Gasteiger partial charge >= 0.3 is 6.03 Å². The number of hydrogen-bond donors (Lipinski definition) is 1. The van der Waals surface area contributed by atoms with E-state index in [0.717, 1.165) is 12.3 Å². The number of anilines is 1. The quantitative estimate of drug-likeness (QED) is 0.742. The molecular formula is C24H31N5O3. The lowest BCUT2D eigenvalue weighted by Crippen LogP contribution is -2.51. The van der Waals surface area contributed by atoms with Crippen molar-refractivity contribution in [1.29, 1.82) is 0 Å². The van der Waals surface area contributed by atoms with Crippen LogP contribution in [0.5, 0.6) is 5.75 Å². The van der Waals surface area contributed by atoms with Gasteiger partial charge in [-0.3, -0.25) is 14.8 Å². The van der Waals surface area contributed by atoms with E-state index in [0.29, 0.717) is 49.8 Å². The summed E-state index contributed by atoms with van der Waals surface area (Å²) in [6.45, 7) is 2.57. The van der Waals surface area contributed by atoms with Gasteiger partial charge in [0.05, 0.1) is 30.3 Å². The molecule has 3 amide bonds. The van der Waals surface area contributed by atoms with Crippen molar-refractivity contribution in [3.8, 4) is 5.75 Å². The standard InChI is InChI=1S/C24H31N5O3/c30-23(20-15-22(18-26-16-20)32-14-8-19-5-2-1-3-6-19)28-10-12-29(13-11-28)24(31)27-21-7-4-9-25-17-21/h4,7,9,15-19H,1-3,5-6,8,10-14H2,(H,27,31). The summed E-state index contributed by atoms with van der Waals surface area (Å²) in [6.07, 6.45) is 14.2. The SMILES string of the molecule is O=C(Nc1cccnc1)N1CCN(C(=O)c2cncc(OCCC3CCCCC3)c2)CC1. The predicted octanol–water partition coefficient (Wildman–Crippen LogP) is 3.82. The minimum absolute atomic E-state index is 0.0810. The van der Waals surface area contributed by atoms with Crippen molar-refractivity contribution in [3.63, 3.8) is 0 Å². The van der Waals surface area contributed by atoms with E-state index in [1.54, 1.807) is 52.8 Å². The number of carbonyl (C=O) groups is 2. The fraction of sp³-hybridized carbons (Fsp3) is 0.500. The molecule has 32 heavy (non-hydrogen) atoms. The third-order valence-corrected chi connectivity index (χ3v) is 6.25. The molecule has 2 fully saturated rings. The first-order valence-corrected chi connectivity index (χ1v) is 11.5. The Labute approximate surface area is 189 Å². The van der Waals surface area contributed by atoms with Crippen molar-refractivity contribution in [3.05, 3.63) is 48.5 Å². The number of nitrogens with one attached hydrogen (secondary N) is 1. The molecule has 2 aliphatic rings. The molecule has 2 aromatic heterocycles. The summed E-state index contributed by atoms with van der Waals surface area (Å²) in [5.41, 5.74) is 1.18. The van der Waals surface area contributed by atoms with Gasteiger partial charge in [0.15, 0.2) is 0 Å². The largest absolute Gasteiger partial charge is 0.492 e. The molecule has 4 rings (SSSR count). The molecule has 1 N–H and O–H groups in total. The molecule has 3 heterocycles. The van der Waals surface area contributed by atoms with Gasteiger partial charge in [0.2, 0.25) is 0 Å². The maximum atomic E-state index is 12.9. The van der Waals surface area contributed by atoms with E-state index in [1.807, 2.05) is 0 Å². The maximum absolute atomic E-state index is 12.9. The molecular weight excluding hydrogens is 406 g/mol. The van der Waals surface area contributed by atoms with E-state index in [1.165, 1.54) is 32.1 Å². The minimum Gasteiger partial charge on any atom is -0.492 e. The molecule has 1 aliphatic carbocycles. The normalized spacial score (nSPS) is 17.1. The molecule has 0 atom stereocenters. The lowest BCUT2D eigenvalue weighted by molar-refractivity contribution is 0.0670. The Hall–Kier alpha value is -3.16. The summed E-state index contributed by atoms with van der Waals surface area (Å²) >= 11 is 0. The van der Waals surface area contributed by atoms with Gasteiger partial charge in [-0.25, -0.2) is 4.79 Å². The Morgan fingerprint density at radius 3 is 2.53 bits per heavy atom. The molecule has 8 heteroatoms. The molecule has 0 aromatic carbocycles. The van der Waals surface area contributed by atoms with Gasteiger partial charge in [0, 0.05) is 38.6 Å². The number of carbonyl (C=O) groups excluding carboxylic acids is 2. The van der Waals surface area contributed by atoms with Gasteiger partial charge in [0.25, 0.3) is 5.91 Å². The Kier molecular flexibility index (Phi) is 7.53. The van der Waals surface area contributed by atoms with Crippen LogP contribution in [-0.2, 0) is 0 Å². The van der Waals surface area contributed by atoms with Crippen molar-refractivity contribution in [2.75, 3.05) is 38.1 Å². The summed E-state index contributed by atoms with van der Waals surface area (Å²) in [5.74, 6) is 1.32. The highest BCUT2D eigenvalue weighted by Crippen LogP contribution is 2.26. The zero-order chi connectivity index (χ0) is 22.2. The average molecular weight is 438 g/mol. The van der Waals surface area contributed by atoms with Crippen LogP contribution in [0, 0.1) is 5.92 Å². The van der Waals surface area contributed by atoms with Gasteiger partial charge in [-0.05, 0) is 30.5 Å². The van der Waals surface area contributed by atoms with Crippen LogP contribution in [0.25, 0.3) is 0 Å². The van der Waals surface area contributed by atoms with E-state index in [2.05, 4.69) is 15.3 Å². The second-order valence-electron chi connectivity index (χ2n) is 8.50. The summed E-state index contributed by atoms with van der Waals surface area (Å²) in [4.78, 5) is 37.0. The summed E-state index contributed by atoms with van der Waals surface area (Å²) in [6, 6.07) is 5.16. The first-order valence-electron chi connectivity index (χ1n) is 11.5. The average Bonchev–Trinajstić information content (AvgIpc) is 2.85. The van der Waals surface area contributed by atoms with Crippen LogP contribution < -0.4 is 10.1 Å². The monoisotopic (exact) mass is 437 g/mol. The highest BCUT2D eigenvalue weighted by atomic mass is 16.5. The summed E-state index contributed by atoms with van der Waals surface area (Å²) < 4.78 is 5.89. The molecule has 0 unspecified atom stereocenters. The third kappa shape index (κ3) is 5.96. The van der Waals surface area contributed by atoms with Crippen molar-refractivity contribution in [1.82, 2.24) is 19.8 Å². The van der Waals surface area contributed by atoms with E-state index in [4.69, 9.17) is 4.74 Å². The van der Waals surface area contributed by atoms with Crippen LogP contribution in [0.2, 0.25) is 0 Å². The molecule has 1 aliphatic heterocycles. The minimum atomic E-state index is -0.180. The Morgan fingerprint density at radius 1 is 1.00 bits per heavy atom. The van der Waals surface area contributed by atoms with Gasteiger partial charge in [-0.2, -0.15) is 0 Å². The van der Waals surface area contributed by atoms with Gasteiger partial charge in [-0.15, -0.1) is 0 Å². The molecule has 170 valence electrons. The number of aromatic nitrogens is 2. The predicted molar refractivity (Wildman–Crippen MR) is 122 cm³/mol. The highest BCUT2D eigenvalue weighted by Gasteiger charge is 2.25. The first kappa shape index (κ1) is 22.0. The highest BCUT2D eigenvalue weighted by molar-refractivity contribution is 5.94. The maximum Gasteiger partial charge on any atom is 0.322 e. The van der Waals surface area contributed by atoms with E-state index < -0.39 is 0 Å². The summed E-state index contributed by atoms with van der Waals surface area (Å²) in [7, 11) is 0. The van der Waals surface area contributed by atoms with Crippen LogP contribution in [-0.4, -0.2) is 64.5 Å². The molecule has 0 spiro atoms. The number of hydrogen-bond acceptors (Lipinski definition) is 5. The fourth-order valence-electron chi connectivity index (χ4n) is 4.37. The molecule has 0 radical (unpaired) electrons. The van der Waals surface area contributed by atoms with E-state index in [9.17, 15) is 9.59 Å². The number of rotatable bonds is 6. The lowest BCUT2D eigenvalue weighted by atomic mass is 9.87. The van der Waals surface area contributed by atoms with Gasteiger partial charge in [0.1, 0.15) is 5.75 Å². The van der Waals surface area contributed by atoms with Crippen LogP contribution >= 0.6 is 0 Å². The van der Waals surface area contributed by atoms with Crippen LogP contribution in [0.3, 0.4) is 0 Å². The van der Waals surface area contributed by atoms with Crippen LogP contribution in [0.4, 0.5) is 10.5 Å². The van der Waals surface area contributed by atoms with Crippen LogP contribution in [0.15, 0.2) is 43.0 Å². The van der Waals surface area contributed by atoms with Crippen molar-refractivity contribution < 1.29 is 14.3 Å². The molecule has 1 saturated heterocycles. The topological polar surface area (TPSA) is 87.7 Å². The number of piperazine rings is 1. The van der Waals surface area contributed by atoms with Gasteiger partial charge in [-0.1, -0.05) is 32.1 Å². The number of pyridine rings is 2. The zero-order valence-corrected chi connectivity index (χ0v) is 18.4. The molecule has 0 bridgehead atoms. The molecule has 2 aromatic rings. The van der Waals surface area contributed by atoms with Crippen molar-refractivity contribution >= 4 is 17.6 Å². The number of amides is 3. The van der Waals surface area contributed by atoms with Crippen LogP contribution in [0.1, 0.15) is 48.9 Å². The second kappa shape index (κ2) is 10.9. The molecule has 1 saturated carbocycles. The smallest absolute Gasteiger partial charge is 0.322 e. The lowest BCUT2D eigenvalue weighted by Gasteiger charge is -2.34. The number of nitrogens with zero attached hydrogens (tertiary/aromatic N) is 4. The van der Waals surface area contributed by atoms with E-state index in [-0.39, 0.29) is 11.9 Å². The Balaban J connectivity index is 1.24. The van der Waals surface area contributed by atoms with Crippen molar-refractivity contribution in [2.45, 2.75) is 38.5 Å². The fourth-order valence-corrected chi connectivity index (χ4v) is 4.37. The van der Waals surface area contributed by atoms with Crippen molar-refractivity contribution in [2.24, 2.45) is 5.92 Å². The zero-order valence-electron chi connectivity index (χ0n) is 18.4. The molecule has 8 nitrogen and oxygen atoms in total. The number of ether oxygens (including phenoxy) is 1. The Morgan fingerprint density at radius 2 is 1.78 bits per heavy atom. The van der Waals surface area contributed by atoms with E-state index >= 15 is 0 Å². The third-order valence-electron chi connectivity index (χ3n) is 6.25. The number of urea groups is 1. The first-order chi connectivity index (χ1) is 15.7. The Bertz CT molecular complexity index is 894. The van der Waals surface area contributed by atoms with Gasteiger partial charge < -0.3 is 19.9 Å². The summed E-state index contributed by atoms with van der Waals surface area (Å²) in [5, 5.41) is 2.83. The second-order valence-corrected chi connectivity index (χ2v) is 8.50.